The molecule has 6 aliphatic rings. The van der Waals surface area contributed by atoms with Gasteiger partial charge < -0.3 is 33.9 Å². The van der Waals surface area contributed by atoms with Crippen LogP contribution in [0.5, 0.6) is 0 Å². The van der Waals surface area contributed by atoms with E-state index in [0.29, 0.717) is 36.3 Å². The van der Waals surface area contributed by atoms with Crippen LogP contribution in [-0.4, -0.2) is 76.9 Å². The number of ether oxygens (including phenoxy) is 5. The molecule has 1 spiro atoms. The van der Waals surface area contributed by atoms with Crippen LogP contribution in [0, 0.1) is 17.8 Å². The minimum atomic E-state index is -1.72. The highest BCUT2D eigenvalue weighted by atomic mass is 16.7. The Balaban J connectivity index is 1.38. The Morgan fingerprint density at radius 3 is 2.59 bits per heavy atom. The largest absolute Gasteiger partial charge is 0.462 e. The topological polar surface area (TPSA) is 104 Å². The Morgan fingerprint density at radius 1 is 1.04 bits per heavy atom. The molecule has 256 valence electrons. The van der Waals surface area contributed by atoms with Crippen LogP contribution in [0.1, 0.15) is 105 Å². The maximum Gasteiger partial charge on any atom is 0.316 e. The molecule has 2 bridgehead atoms. The molecular weight excluding hydrogens is 584 g/mol. The fraction of sp³-hybridized carbons (Fsp3) is 0.763. The third-order valence-electron chi connectivity index (χ3n) is 11.6. The molecule has 46 heavy (non-hydrogen) atoms. The van der Waals surface area contributed by atoms with E-state index in [9.17, 15) is 15.0 Å². The van der Waals surface area contributed by atoms with Crippen molar-refractivity contribution in [3.05, 3.63) is 47.1 Å². The van der Waals surface area contributed by atoms with Gasteiger partial charge in [-0.3, -0.25) is 4.79 Å². The SMILES string of the molecule is CC[C@H]1O[C@]2(CC[C@@H]1C)C[C@@H]1C[C@@H](C/C=C(\C)[C@H](OC3CCCCC3)[C@@H](C)/C=C/C=C3\CO[C@@H]4[C@H](O)C(C)=C[C@@H](C(=O)O1)[C@]34O)O2. The number of esters is 1. The highest BCUT2D eigenvalue weighted by Crippen LogP contribution is 2.47. The normalized spacial score (nSPS) is 47.2. The van der Waals surface area contributed by atoms with Crippen LogP contribution in [0.3, 0.4) is 0 Å². The third-order valence-corrected chi connectivity index (χ3v) is 11.6. The van der Waals surface area contributed by atoms with E-state index in [1.54, 1.807) is 13.0 Å². The summed E-state index contributed by atoms with van der Waals surface area (Å²) in [6.45, 7) is 10.6. The maximum atomic E-state index is 14.1. The van der Waals surface area contributed by atoms with Crippen molar-refractivity contribution >= 4 is 5.97 Å². The first-order valence-corrected chi connectivity index (χ1v) is 18.0. The predicted molar refractivity (Wildman–Crippen MR) is 175 cm³/mol. The summed E-state index contributed by atoms with van der Waals surface area (Å²) in [6, 6.07) is 0. The summed E-state index contributed by atoms with van der Waals surface area (Å²) in [4.78, 5) is 14.1. The van der Waals surface area contributed by atoms with Gasteiger partial charge in [-0.25, -0.2) is 0 Å². The molecule has 6 rings (SSSR count). The van der Waals surface area contributed by atoms with E-state index in [0.717, 1.165) is 32.1 Å². The fourth-order valence-electron chi connectivity index (χ4n) is 8.81. The van der Waals surface area contributed by atoms with Crippen molar-refractivity contribution in [3.8, 4) is 0 Å². The van der Waals surface area contributed by atoms with Gasteiger partial charge in [-0.1, -0.05) is 70.4 Å². The lowest BCUT2D eigenvalue weighted by atomic mass is 9.71. The van der Waals surface area contributed by atoms with E-state index in [1.165, 1.54) is 24.8 Å². The fourth-order valence-corrected chi connectivity index (χ4v) is 8.81. The average molecular weight is 641 g/mol. The zero-order chi connectivity index (χ0) is 32.6. The van der Waals surface area contributed by atoms with Gasteiger partial charge in [-0.05, 0) is 68.6 Å². The molecule has 4 heterocycles. The highest BCUT2D eigenvalue weighted by molar-refractivity contribution is 5.78. The van der Waals surface area contributed by atoms with Gasteiger partial charge in [-0.15, -0.1) is 0 Å². The van der Waals surface area contributed by atoms with Gasteiger partial charge in [0.05, 0.1) is 31.0 Å². The third kappa shape index (κ3) is 6.72. The Morgan fingerprint density at radius 2 is 1.83 bits per heavy atom. The number of allylic oxidation sites excluding steroid dienone is 2. The van der Waals surface area contributed by atoms with Gasteiger partial charge in [0.1, 0.15) is 29.8 Å². The summed E-state index contributed by atoms with van der Waals surface area (Å²) >= 11 is 0. The Kier molecular flexibility index (Phi) is 10.3. The number of carbonyl (C=O) groups is 1. The van der Waals surface area contributed by atoms with Crippen molar-refractivity contribution in [1.29, 1.82) is 0 Å². The molecule has 4 aliphatic heterocycles. The first-order chi connectivity index (χ1) is 22.0. The second-order valence-electron chi connectivity index (χ2n) is 15.1. The first-order valence-electron chi connectivity index (χ1n) is 18.0. The summed E-state index contributed by atoms with van der Waals surface area (Å²) < 4.78 is 32.7. The number of aliphatic hydroxyl groups excluding tert-OH is 1. The van der Waals surface area contributed by atoms with Crippen LogP contribution in [0.15, 0.2) is 47.1 Å². The molecular formula is C38H56O8. The van der Waals surface area contributed by atoms with Gasteiger partial charge in [-0.2, -0.15) is 0 Å². The summed E-state index contributed by atoms with van der Waals surface area (Å²) in [5.74, 6) is -1.84. The summed E-state index contributed by atoms with van der Waals surface area (Å²) in [5, 5.41) is 23.3. The van der Waals surface area contributed by atoms with Crippen molar-refractivity contribution in [2.45, 2.75) is 159 Å². The molecule has 0 unspecified atom stereocenters. The number of carbonyl (C=O) groups excluding carboxylic acids is 1. The summed E-state index contributed by atoms with van der Waals surface area (Å²) in [5.41, 5.74) is 0.603. The van der Waals surface area contributed by atoms with Crippen molar-refractivity contribution in [2.24, 2.45) is 17.8 Å². The average Bonchev–Trinajstić information content (AvgIpc) is 3.38. The number of aliphatic hydroxyl groups is 2. The minimum absolute atomic E-state index is 0.0652. The van der Waals surface area contributed by atoms with Gasteiger partial charge in [0, 0.05) is 25.2 Å². The second kappa shape index (κ2) is 14.0. The van der Waals surface area contributed by atoms with Crippen LogP contribution in [0.2, 0.25) is 0 Å². The van der Waals surface area contributed by atoms with E-state index < -0.39 is 41.6 Å². The van der Waals surface area contributed by atoms with E-state index >= 15 is 0 Å². The molecule has 0 aromatic carbocycles. The highest BCUT2D eigenvalue weighted by Gasteiger charge is 2.60. The summed E-state index contributed by atoms with van der Waals surface area (Å²) in [6.07, 6.45) is 17.5. The van der Waals surface area contributed by atoms with E-state index in [4.69, 9.17) is 23.7 Å². The molecule has 8 nitrogen and oxygen atoms in total. The predicted octanol–water partition coefficient (Wildman–Crippen LogP) is 6.25. The zero-order valence-corrected chi connectivity index (χ0v) is 28.5. The van der Waals surface area contributed by atoms with Crippen LogP contribution in [0.25, 0.3) is 0 Å². The van der Waals surface area contributed by atoms with Gasteiger partial charge in [0.2, 0.25) is 0 Å². The standard InChI is InChI=1S/C38H56O8/c1-6-32-23(2)17-18-37(46-32)21-30-20-29(45-37)16-15-25(4)34(43-28-13-8-7-9-14-28)24(3)11-10-12-27-22-42-35-33(39)26(5)19-31(36(40)44-30)38(27,35)41/h10-12,15,19,23-24,28-35,39,41H,6-9,13-14,16-18,20-22H2,1-5H3/b11-10+,25-15+,27-12+/t23-,24-,29+,30-,31-,32+,33+,34+,35+,37+,38+/m0/s1. The van der Waals surface area contributed by atoms with Crippen molar-refractivity contribution < 1.29 is 38.7 Å². The molecule has 0 aromatic rings. The Bertz CT molecular complexity index is 1230. The van der Waals surface area contributed by atoms with E-state index in [2.05, 4.69) is 39.8 Å². The van der Waals surface area contributed by atoms with Gasteiger partial charge in [0.15, 0.2) is 5.79 Å². The zero-order valence-electron chi connectivity index (χ0n) is 28.5. The monoisotopic (exact) mass is 640 g/mol. The van der Waals surface area contributed by atoms with E-state index in [1.807, 2.05) is 12.2 Å². The number of hydrogen-bond acceptors (Lipinski definition) is 8. The molecule has 0 radical (unpaired) electrons. The van der Waals surface area contributed by atoms with Crippen molar-refractivity contribution in [3.63, 3.8) is 0 Å². The smallest absolute Gasteiger partial charge is 0.316 e. The second-order valence-corrected chi connectivity index (χ2v) is 15.1. The number of hydrogen-bond donors (Lipinski definition) is 2. The molecule has 0 aromatic heterocycles. The van der Waals surface area contributed by atoms with Crippen molar-refractivity contribution in [2.75, 3.05) is 6.61 Å². The molecule has 0 amide bonds. The quantitative estimate of drug-likeness (QED) is 0.276. The van der Waals surface area contributed by atoms with Crippen molar-refractivity contribution in [1.82, 2.24) is 0 Å². The van der Waals surface area contributed by atoms with Crippen LogP contribution >= 0.6 is 0 Å². The molecule has 1 saturated carbocycles. The van der Waals surface area contributed by atoms with Gasteiger partial charge in [0.25, 0.3) is 0 Å². The Labute approximate surface area is 275 Å². The lowest BCUT2D eigenvalue weighted by molar-refractivity contribution is -0.335. The number of fused-ring (bicyclic) bond motifs is 2. The van der Waals surface area contributed by atoms with Gasteiger partial charge >= 0.3 is 5.97 Å². The Hall–Kier alpha value is -1.81. The molecule has 3 saturated heterocycles. The van der Waals surface area contributed by atoms with Crippen LogP contribution in [-0.2, 0) is 28.5 Å². The van der Waals surface area contributed by atoms with Crippen LogP contribution < -0.4 is 0 Å². The molecule has 8 heteroatoms. The first kappa shape index (κ1) is 34.1. The molecule has 2 N–H and O–H groups in total. The lowest BCUT2D eigenvalue weighted by Crippen LogP contribution is -2.58. The molecule has 4 fully saturated rings. The number of rotatable bonds is 3. The molecule has 2 aliphatic carbocycles. The van der Waals surface area contributed by atoms with E-state index in [-0.39, 0.29) is 36.9 Å². The minimum Gasteiger partial charge on any atom is -0.462 e. The maximum absolute atomic E-state index is 14.1. The summed E-state index contributed by atoms with van der Waals surface area (Å²) in [7, 11) is 0. The molecule has 11 atom stereocenters. The lowest BCUT2D eigenvalue weighted by Gasteiger charge is -2.50. The van der Waals surface area contributed by atoms with Crippen LogP contribution in [0.4, 0.5) is 0 Å².